The smallest absolute Gasteiger partial charge is 0.269 e. The highest BCUT2D eigenvalue weighted by atomic mass is 79.9. The van der Waals surface area contributed by atoms with Crippen molar-refractivity contribution in [2.24, 2.45) is 0 Å². The summed E-state index contributed by atoms with van der Waals surface area (Å²) in [5.74, 6) is 0. The molecule has 2 aromatic carbocycles. The van der Waals surface area contributed by atoms with Gasteiger partial charge in [0.1, 0.15) is 4.90 Å². The fraction of sp³-hybridized carbons (Fsp3) is 0.300. The number of hydrogen-bond acceptors (Lipinski definition) is 3. The Labute approximate surface area is 183 Å². The van der Waals surface area contributed by atoms with Gasteiger partial charge < -0.3 is 4.90 Å². The van der Waals surface area contributed by atoms with Gasteiger partial charge in [0.2, 0.25) is 0 Å². The number of halogens is 3. The Balaban J connectivity index is 2.02. The minimum Gasteiger partial charge on any atom is -0.306 e. The maximum absolute atomic E-state index is 13.7. The predicted molar refractivity (Wildman–Crippen MR) is 118 cm³/mol. The van der Waals surface area contributed by atoms with Crippen molar-refractivity contribution in [2.45, 2.75) is 30.2 Å². The third kappa shape index (κ3) is 3.19. The van der Waals surface area contributed by atoms with Gasteiger partial charge in [0.05, 0.1) is 15.6 Å². The average molecular weight is 502 g/mol. The van der Waals surface area contributed by atoms with Gasteiger partial charge in [-0.3, -0.25) is 0 Å². The summed E-state index contributed by atoms with van der Waals surface area (Å²) in [7, 11) is 0.229. The first-order valence-electron chi connectivity index (χ1n) is 8.89. The minimum atomic E-state index is -3.90. The Morgan fingerprint density at radius 1 is 1.18 bits per heavy atom. The summed E-state index contributed by atoms with van der Waals surface area (Å²) in [4.78, 5) is 2.23. The highest BCUT2D eigenvalue weighted by molar-refractivity contribution is 9.10. The molecule has 0 saturated heterocycles. The topological polar surface area (TPSA) is 42.3 Å². The molecule has 1 unspecified atom stereocenters. The quantitative estimate of drug-likeness (QED) is 0.484. The lowest BCUT2D eigenvalue weighted by Gasteiger charge is -2.29. The minimum absolute atomic E-state index is 0.0269. The summed E-state index contributed by atoms with van der Waals surface area (Å²) < 4.78 is 29.7. The molecule has 8 heteroatoms. The molecule has 0 spiro atoms. The van der Waals surface area contributed by atoms with Gasteiger partial charge in [0.15, 0.2) is 0 Å². The van der Waals surface area contributed by atoms with Gasteiger partial charge >= 0.3 is 0 Å². The molecule has 28 heavy (non-hydrogen) atoms. The van der Waals surface area contributed by atoms with Gasteiger partial charge in [-0.2, -0.15) is 0 Å². The summed E-state index contributed by atoms with van der Waals surface area (Å²) in [6, 6.07) is 10.8. The van der Waals surface area contributed by atoms with Crippen LogP contribution in [0.2, 0.25) is 10.0 Å². The van der Waals surface area contributed by atoms with E-state index < -0.39 is 10.0 Å². The van der Waals surface area contributed by atoms with E-state index in [1.54, 1.807) is 12.1 Å². The summed E-state index contributed by atoms with van der Waals surface area (Å²) in [5.41, 5.74) is 2.59. The van der Waals surface area contributed by atoms with Gasteiger partial charge in [-0.25, -0.2) is 12.4 Å². The Morgan fingerprint density at radius 2 is 1.93 bits per heavy atom. The van der Waals surface area contributed by atoms with Crippen molar-refractivity contribution in [3.05, 3.63) is 62.2 Å². The zero-order valence-electron chi connectivity index (χ0n) is 15.4. The summed E-state index contributed by atoms with van der Waals surface area (Å²) >= 11 is 15.9. The standard InChI is InChI=1S/C20H19BrCl2N2O2S/c1-24(2)13-7-9-18-15(11-13)14-10-12(21)6-8-17(14)25(18)28(26,27)19-5-3-4-16(22)20(19)23/h3-6,8,10,13H,7,9,11H2,1-2H3. The molecule has 3 aromatic rings. The molecule has 0 amide bonds. The normalized spacial score (nSPS) is 17.3. The van der Waals surface area contributed by atoms with Gasteiger partial charge in [0, 0.05) is 21.6 Å². The molecule has 1 aliphatic rings. The lowest BCUT2D eigenvalue weighted by Crippen LogP contribution is -2.34. The molecular formula is C20H19BrCl2N2O2S. The molecule has 4 nitrogen and oxygen atoms in total. The van der Waals surface area contributed by atoms with Gasteiger partial charge in [-0.1, -0.05) is 45.2 Å². The third-order valence-corrected chi connectivity index (χ3v) is 8.63. The van der Waals surface area contributed by atoms with Crippen LogP contribution in [0.25, 0.3) is 10.9 Å². The number of fused-ring (bicyclic) bond motifs is 3. The number of hydrogen-bond donors (Lipinski definition) is 0. The van der Waals surface area contributed by atoms with Gasteiger partial charge in [-0.05, 0) is 69.3 Å². The summed E-state index contributed by atoms with van der Waals surface area (Å²) in [6.07, 6.45) is 2.39. The molecule has 1 heterocycles. The molecular weight excluding hydrogens is 483 g/mol. The second kappa shape index (κ2) is 7.33. The van der Waals surface area contributed by atoms with Crippen molar-refractivity contribution in [3.8, 4) is 0 Å². The van der Waals surface area contributed by atoms with E-state index >= 15 is 0 Å². The zero-order chi connectivity index (χ0) is 20.2. The van der Waals surface area contributed by atoms with Crippen molar-refractivity contribution < 1.29 is 8.42 Å². The average Bonchev–Trinajstić information content (AvgIpc) is 2.97. The molecule has 1 atom stereocenters. The summed E-state index contributed by atoms with van der Waals surface area (Å²) in [5, 5.41) is 1.24. The largest absolute Gasteiger partial charge is 0.306 e. The lowest BCUT2D eigenvalue weighted by molar-refractivity contribution is 0.267. The fourth-order valence-electron chi connectivity index (χ4n) is 3.97. The maximum atomic E-state index is 13.7. The number of likely N-dealkylation sites (N-methyl/N-ethyl adjacent to an activating group) is 1. The van der Waals surface area contributed by atoms with Crippen LogP contribution in [-0.2, 0) is 22.9 Å². The van der Waals surface area contributed by atoms with E-state index in [1.807, 2.05) is 18.2 Å². The van der Waals surface area contributed by atoms with E-state index in [-0.39, 0.29) is 14.9 Å². The lowest BCUT2D eigenvalue weighted by atomic mass is 9.91. The second-order valence-electron chi connectivity index (χ2n) is 7.27. The van der Waals surface area contributed by atoms with E-state index in [2.05, 4.69) is 34.9 Å². The van der Waals surface area contributed by atoms with Crippen molar-refractivity contribution in [2.75, 3.05) is 14.1 Å². The van der Waals surface area contributed by atoms with Crippen molar-refractivity contribution >= 4 is 60.1 Å². The SMILES string of the molecule is CN(C)C1CCc2c(c3cc(Br)ccc3n2S(=O)(=O)c2cccc(Cl)c2Cl)C1. The van der Waals surface area contributed by atoms with Crippen LogP contribution in [-0.4, -0.2) is 37.4 Å². The van der Waals surface area contributed by atoms with Crippen molar-refractivity contribution in [1.29, 1.82) is 0 Å². The first-order valence-corrected chi connectivity index (χ1v) is 11.9. The number of rotatable bonds is 3. The van der Waals surface area contributed by atoms with Crippen LogP contribution >= 0.6 is 39.1 Å². The number of aromatic nitrogens is 1. The molecule has 0 aliphatic heterocycles. The van der Waals surface area contributed by atoms with Crippen molar-refractivity contribution in [1.82, 2.24) is 8.87 Å². The highest BCUT2D eigenvalue weighted by Crippen LogP contribution is 2.39. The molecule has 0 bridgehead atoms. The van der Waals surface area contributed by atoms with Crippen LogP contribution in [0.15, 0.2) is 45.8 Å². The van der Waals surface area contributed by atoms with Crippen LogP contribution in [0.5, 0.6) is 0 Å². The molecule has 0 saturated carbocycles. The van der Waals surface area contributed by atoms with Gasteiger partial charge in [0.25, 0.3) is 10.0 Å². The molecule has 0 radical (unpaired) electrons. The molecule has 1 aliphatic carbocycles. The molecule has 4 rings (SSSR count). The third-order valence-electron chi connectivity index (χ3n) is 5.41. The molecule has 0 fully saturated rings. The van der Waals surface area contributed by atoms with E-state index in [4.69, 9.17) is 23.2 Å². The monoisotopic (exact) mass is 500 g/mol. The Hall–Kier alpha value is -1.05. The number of benzene rings is 2. The van der Waals surface area contributed by atoms with E-state index in [0.717, 1.165) is 34.0 Å². The second-order valence-corrected chi connectivity index (χ2v) is 10.7. The van der Waals surface area contributed by atoms with Crippen LogP contribution in [0, 0.1) is 0 Å². The van der Waals surface area contributed by atoms with Crippen LogP contribution in [0.4, 0.5) is 0 Å². The van der Waals surface area contributed by atoms with E-state index in [0.29, 0.717) is 18.0 Å². The fourth-order valence-corrected chi connectivity index (χ4v) is 6.67. The van der Waals surface area contributed by atoms with E-state index in [1.165, 1.54) is 10.0 Å². The van der Waals surface area contributed by atoms with Crippen LogP contribution in [0.3, 0.4) is 0 Å². The first-order chi connectivity index (χ1) is 13.2. The molecule has 148 valence electrons. The highest BCUT2D eigenvalue weighted by Gasteiger charge is 2.32. The van der Waals surface area contributed by atoms with Gasteiger partial charge in [-0.15, -0.1) is 0 Å². The first kappa shape index (κ1) is 20.2. The van der Waals surface area contributed by atoms with Crippen LogP contribution < -0.4 is 0 Å². The Morgan fingerprint density at radius 3 is 2.64 bits per heavy atom. The Bertz CT molecular complexity index is 1190. The number of nitrogens with zero attached hydrogens (tertiary/aromatic N) is 2. The predicted octanol–water partition coefficient (Wildman–Crippen LogP) is 5.37. The molecule has 1 aromatic heterocycles. The van der Waals surface area contributed by atoms with Crippen molar-refractivity contribution in [3.63, 3.8) is 0 Å². The molecule has 0 N–H and O–H groups in total. The van der Waals surface area contributed by atoms with Crippen LogP contribution in [0.1, 0.15) is 17.7 Å². The zero-order valence-corrected chi connectivity index (χ0v) is 19.3. The maximum Gasteiger partial charge on any atom is 0.269 e. The Kier molecular flexibility index (Phi) is 5.30. The van der Waals surface area contributed by atoms with E-state index in [9.17, 15) is 8.42 Å². The summed E-state index contributed by atoms with van der Waals surface area (Å²) in [6.45, 7) is 0.